The van der Waals surface area contributed by atoms with E-state index in [-0.39, 0.29) is 17.3 Å². The van der Waals surface area contributed by atoms with E-state index < -0.39 is 4.92 Å². The van der Waals surface area contributed by atoms with Gasteiger partial charge in [-0.2, -0.15) is 0 Å². The van der Waals surface area contributed by atoms with Gasteiger partial charge in [-0.05, 0) is 33.4 Å². The van der Waals surface area contributed by atoms with Crippen LogP contribution in [-0.2, 0) is 4.79 Å². The van der Waals surface area contributed by atoms with Gasteiger partial charge >= 0.3 is 0 Å². The fourth-order valence-electron chi connectivity index (χ4n) is 1.98. The molecule has 0 radical (unpaired) electrons. The number of benzene rings is 1. The van der Waals surface area contributed by atoms with Crippen molar-refractivity contribution in [2.24, 2.45) is 0 Å². The Hall–Kier alpha value is -2.44. The van der Waals surface area contributed by atoms with E-state index in [9.17, 15) is 14.9 Å². The molecule has 0 aliphatic heterocycles. The third-order valence-corrected chi connectivity index (χ3v) is 5.64. The summed E-state index contributed by atoms with van der Waals surface area (Å²) < 4.78 is 1.76. The first-order valence-electron chi connectivity index (χ1n) is 7.06. The first-order chi connectivity index (χ1) is 12.5. The maximum Gasteiger partial charge on any atom is 0.270 e. The molecule has 0 saturated carbocycles. The molecule has 0 unspecified atom stereocenters. The molecule has 2 heterocycles. The number of amides is 1. The molecule has 0 bridgehead atoms. The van der Waals surface area contributed by atoms with Crippen LogP contribution in [0.25, 0.3) is 10.7 Å². The summed E-state index contributed by atoms with van der Waals surface area (Å²) >= 11 is 5.83. The number of carbonyl (C=O) groups is 1. The Morgan fingerprint density at radius 3 is 2.88 bits per heavy atom. The van der Waals surface area contributed by atoms with Gasteiger partial charge in [-0.3, -0.25) is 14.9 Å². The summed E-state index contributed by atoms with van der Waals surface area (Å²) in [6, 6.07) is 7.87. The zero-order valence-corrected chi connectivity index (χ0v) is 16.2. The molecule has 1 amide bonds. The number of rotatable bonds is 6. The summed E-state index contributed by atoms with van der Waals surface area (Å²) in [7, 11) is 0. The monoisotopic (exact) mass is 454 g/mol. The van der Waals surface area contributed by atoms with E-state index in [2.05, 4.69) is 31.4 Å². The fraction of sp³-hybridized carbons (Fsp3) is 0.0714. The third-order valence-electron chi connectivity index (χ3n) is 3.18. The van der Waals surface area contributed by atoms with Crippen molar-refractivity contribution in [2.45, 2.75) is 5.16 Å². The van der Waals surface area contributed by atoms with Crippen LogP contribution in [0.15, 0.2) is 45.3 Å². The smallest absolute Gasteiger partial charge is 0.270 e. The highest BCUT2D eigenvalue weighted by atomic mass is 79.9. The van der Waals surface area contributed by atoms with Gasteiger partial charge in [-0.15, -0.1) is 21.5 Å². The van der Waals surface area contributed by atoms with Crippen molar-refractivity contribution in [3.63, 3.8) is 0 Å². The second-order valence-corrected chi connectivity index (χ2v) is 7.66. The Labute approximate surface area is 163 Å². The number of nitro benzene ring substituents is 1. The summed E-state index contributed by atoms with van der Waals surface area (Å²) in [5, 5.41) is 23.8. The highest BCUT2D eigenvalue weighted by molar-refractivity contribution is 9.10. The minimum Gasteiger partial charge on any atom is -0.335 e. The lowest BCUT2D eigenvalue weighted by Crippen LogP contribution is -2.16. The Balaban J connectivity index is 1.62. The molecule has 1 aromatic carbocycles. The van der Waals surface area contributed by atoms with Gasteiger partial charge < -0.3 is 11.2 Å². The van der Waals surface area contributed by atoms with Crippen LogP contribution in [0.2, 0.25) is 0 Å². The normalized spacial score (nSPS) is 10.7. The predicted molar refractivity (Wildman–Crippen MR) is 104 cm³/mol. The zero-order valence-electron chi connectivity index (χ0n) is 13.0. The number of nitrogens with one attached hydrogen (secondary N) is 1. The van der Waals surface area contributed by atoms with E-state index in [1.54, 1.807) is 0 Å². The van der Waals surface area contributed by atoms with E-state index >= 15 is 0 Å². The van der Waals surface area contributed by atoms with Crippen LogP contribution < -0.4 is 11.2 Å². The van der Waals surface area contributed by atoms with Crippen molar-refractivity contribution in [1.29, 1.82) is 0 Å². The number of anilines is 1. The third kappa shape index (κ3) is 4.03. The summed E-state index contributed by atoms with van der Waals surface area (Å²) in [5.41, 5.74) is 0.372. The highest BCUT2D eigenvalue weighted by Gasteiger charge is 2.15. The van der Waals surface area contributed by atoms with Crippen molar-refractivity contribution in [2.75, 3.05) is 16.9 Å². The molecule has 3 N–H and O–H groups in total. The van der Waals surface area contributed by atoms with Crippen molar-refractivity contribution in [3.8, 4) is 10.7 Å². The second-order valence-electron chi connectivity index (χ2n) is 4.91. The molecule has 0 aliphatic rings. The molecule has 3 rings (SSSR count). The standard InChI is InChI=1S/C14H11BrN6O3S2/c15-9-6-8(21(23)24)3-4-10(9)17-12(22)7-26-14-19-18-13(20(14)16)11-2-1-5-25-11/h1-6H,7,16H2,(H,17,22). The van der Waals surface area contributed by atoms with Crippen molar-refractivity contribution in [1.82, 2.24) is 14.9 Å². The average Bonchev–Trinajstić information content (AvgIpc) is 3.24. The lowest BCUT2D eigenvalue weighted by Gasteiger charge is -2.07. The molecule has 9 nitrogen and oxygen atoms in total. The minimum absolute atomic E-state index is 0.0587. The van der Waals surface area contributed by atoms with Crippen molar-refractivity contribution >= 4 is 56.3 Å². The van der Waals surface area contributed by atoms with E-state index in [0.717, 1.165) is 16.6 Å². The lowest BCUT2D eigenvalue weighted by atomic mass is 10.3. The van der Waals surface area contributed by atoms with Gasteiger partial charge in [-0.25, -0.2) is 4.68 Å². The van der Waals surface area contributed by atoms with Crippen LogP contribution in [0.3, 0.4) is 0 Å². The van der Waals surface area contributed by atoms with Crippen molar-refractivity contribution < 1.29 is 9.72 Å². The van der Waals surface area contributed by atoms with E-state index in [4.69, 9.17) is 5.84 Å². The second kappa shape index (κ2) is 7.85. The first-order valence-corrected chi connectivity index (χ1v) is 9.72. The number of thiophene rings is 1. The number of nitrogens with two attached hydrogens (primary N) is 1. The number of thioether (sulfide) groups is 1. The van der Waals surface area contributed by atoms with Crippen molar-refractivity contribution in [3.05, 3.63) is 50.3 Å². The lowest BCUT2D eigenvalue weighted by molar-refractivity contribution is -0.384. The maximum absolute atomic E-state index is 12.1. The molecule has 0 spiro atoms. The molecular weight excluding hydrogens is 444 g/mol. The van der Waals surface area contributed by atoms with Crippen LogP contribution in [0, 0.1) is 10.1 Å². The molecule has 0 fully saturated rings. The molecule has 0 saturated heterocycles. The van der Waals surface area contributed by atoms with Gasteiger partial charge in [-0.1, -0.05) is 17.8 Å². The number of halogens is 1. The van der Waals surface area contributed by atoms with E-state index in [1.165, 1.54) is 34.2 Å². The largest absolute Gasteiger partial charge is 0.335 e. The molecule has 12 heteroatoms. The van der Waals surface area contributed by atoms with Gasteiger partial charge in [0.2, 0.25) is 11.1 Å². The Kier molecular flexibility index (Phi) is 5.54. The SMILES string of the molecule is Nn1c(SCC(=O)Nc2ccc([N+](=O)[O-])cc2Br)nnc1-c1cccs1. The number of nitrogen functional groups attached to an aromatic ring is 1. The molecule has 26 heavy (non-hydrogen) atoms. The quantitative estimate of drug-likeness (QED) is 0.253. The van der Waals surface area contributed by atoms with Gasteiger partial charge in [0, 0.05) is 16.6 Å². The van der Waals surface area contributed by atoms with Gasteiger partial charge in [0.05, 0.1) is 21.2 Å². The number of non-ortho nitro benzene ring substituents is 1. The Morgan fingerprint density at radius 2 is 2.23 bits per heavy atom. The summed E-state index contributed by atoms with van der Waals surface area (Å²) in [6.07, 6.45) is 0. The Morgan fingerprint density at radius 1 is 1.42 bits per heavy atom. The van der Waals surface area contributed by atoms with Gasteiger partial charge in [0.1, 0.15) is 0 Å². The number of nitro groups is 1. The van der Waals surface area contributed by atoms with Gasteiger partial charge in [0.25, 0.3) is 5.69 Å². The molecule has 0 atom stereocenters. The summed E-state index contributed by atoms with van der Waals surface area (Å²) in [6.45, 7) is 0. The fourth-order valence-corrected chi connectivity index (χ4v) is 3.81. The number of aromatic nitrogens is 3. The minimum atomic E-state index is -0.508. The number of hydrogen-bond acceptors (Lipinski definition) is 8. The maximum atomic E-state index is 12.1. The highest BCUT2D eigenvalue weighted by Crippen LogP contribution is 2.28. The van der Waals surface area contributed by atoms with Crippen LogP contribution in [0.5, 0.6) is 0 Å². The van der Waals surface area contributed by atoms with Crippen LogP contribution in [0.4, 0.5) is 11.4 Å². The molecule has 0 aliphatic carbocycles. The number of carbonyl (C=O) groups excluding carboxylic acids is 1. The molecule has 134 valence electrons. The van der Waals surface area contributed by atoms with Crippen LogP contribution in [-0.4, -0.2) is 31.5 Å². The first kappa shape index (κ1) is 18.4. The van der Waals surface area contributed by atoms with E-state index in [1.807, 2.05) is 17.5 Å². The summed E-state index contributed by atoms with van der Waals surface area (Å²) in [5.74, 6) is 6.26. The number of nitrogens with zero attached hydrogens (tertiary/aromatic N) is 4. The van der Waals surface area contributed by atoms with E-state index in [0.29, 0.717) is 21.1 Å². The summed E-state index contributed by atoms with van der Waals surface area (Å²) in [4.78, 5) is 23.2. The average molecular weight is 455 g/mol. The molecule has 3 aromatic rings. The van der Waals surface area contributed by atoms with Crippen LogP contribution >= 0.6 is 39.0 Å². The molecule has 2 aromatic heterocycles. The Bertz CT molecular complexity index is 960. The predicted octanol–water partition coefficient (Wildman–Crippen LogP) is 3.12. The number of hydrogen-bond donors (Lipinski definition) is 2. The van der Waals surface area contributed by atoms with Gasteiger partial charge in [0.15, 0.2) is 5.82 Å². The van der Waals surface area contributed by atoms with Crippen LogP contribution in [0.1, 0.15) is 0 Å². The zero-order chi connectivity index (χ0) is 18.7. The molecular formula is C14H11BrN6O3S2. The topological polar surface area (TPSA) is 129 Å².